The highest BCUT2D eigenvalue weighted by atomic mass is 16.5. The van der Waals surface area contributed by atoms with Gasteiger partial charge in [0.15, 0.2) is 0 Å². The molecule has 1 heteroatoms. The Balaban J connectivity index is 2.33. The van der Waals surface area contributed by atoms with Crippen molar-refractivity contribution >= 4 is 0 Å². The van der Waals surface area contributed by atoms with Crippen molar-refractivity contribution in [1.29, 1.82) is 0 Å². The van der Waals surface area contributed by atoms with Crippen molar-refractivity contribution in [2.24, 2.45) is 0 Å². The molecule has 2 aromatic rings. The summed E-state index contributed by atoms with van der Waals surface area (Å²) in [5.74, 6) is 2.20. The second-order valence-electron chi connectivity index (χ2n) is 9.72. The second kappa shape index (κ2) is 16.8. The predicted octanol–water partition coefficient (Wildman–Crippen LogP) is 10.4. The highest BCUT2D eigenvalue weighted by Crippen LogP contribution is 2.34. The van der Waals surface area contributed by atoms with Crippen molar-refractivity contribution in [1.82, 2.24) is 0 Å². The van der Waals surface area contributed by atoms with Gasteiger partial charge in [0.2, 0.25) is 0 Å². The SMILES string of the molecule is CCCCCc1cccc(Oc2cccc(CCCCC)c2CCCCC)c1CCCCC. The summed E-state index contributed by atoms with van der Waals surface area (Å²) in [5.41, 5.74) is 5.92. The lowest BCUT2D eigenvalue weighted by molar-refractivity contribution is 0.464. The first kappa shape index (κ1) is 27.5. The maximum absolute atomic E-state index is 6.80. The van der Waals surface area contributed by atoms with Crippen LogP contribution in [0.25, 0.3) is 0 Å². The van der Waals surface area contributed by atoms with E-state index in [0.29, 0.717) is 0 Å². The molecule has 2 rings (SSSR count). The average molecular weight is 451 g/mol. The molecule has 0 aliphatic rings. The van der Waals surface area contributed by atoms with E-state index in [0.717, 1.165) is 24.3 Å². The van der Waals surface area contributed by atoms with Gasteiger partial charge in [-0.2, -0.15) is 0 Å². The molecule has 0 fully saturated rings. The second-order valence-corrected chi connectivity index (χ2v) is 9.72. The Morgan fingerprint density at radius 2 is 0.818 bits per heavy atom. The van der Waals surface area contributed by atoms with Crippen LogP contribution in [-0.4, -0.2) is 0 Å². The molecular weight excluding hydrogens is 400 g/mol. The molecular formula is C32H50O. The first-order valence-electron chi connectivity index (χ1n) is 14.1. The number of rotatable bonds is 18. The number of hydrogen-bond acceptors (Lipinski definition) is 1. The molecule has 184 valence electrons. The van der Waals surface area contributed by atoms with Gasteiger partial charge in [-0.1, -0.05) is 103 Å². The van der Waals surface area contributed by atoms with Crippen LogP contribution in [0.1, 0.15) is 127 Å². The molecule has 1 nitrogen and oxygen atoms in total. The molecule has 0 aliphatic heterocycles. The van der Waals surface area contributed by atoms with Crippen LogP contribution in [0.5, 0.6) is 11.5 Å². The zero-order chi connectivity index (χ0) is 23.7. The first-order chi connectivity index (χ1) is 16.2. The van der Waals surface area contributed by atoms with E-state index in [-0.39, 0.29) is 0 Å². The first-order valence-corrected chi connectivity index (χ1v) is 14.1. The number of aryl methyl sites for hydroxylation is 2. The molecule has 0 spiro atoms. The number of hydrogen-bond donors (Lipinski definition) is 0. The van der Waals surface area contributed by atoms with E-state index < -0.39 is 0 Å². The van der Waals surface area contributed by atoms with Crippen molar-refractivity contribution in [3.63, 3.8) is 0 Å². The van der Waals surface area contributed by atoms with Gasteiger partial charge < -0.3 is 4.74 Å². The molecule has 0 aromatic heterocycles. The summed E-state index contributed by atoms with van der Waals surface area (Å²) >= 11 is 0. The fourth-order valence-electron chi connectivity index (χ4n) is 4.80. The van der Waals surface area contributed by atoms with E-state index >= 15 is 0 Å². The van der Waals surface area contributed by atoms with E-state index in [2.05, 4.69) is 64.1 Å². The fraction of sp³-hybridized carbons (Fsp3) is 0.625. The Kier molecular flexibility index (Phi) is 14.0. The smallest absolute Gasteiger partial charge is 0.130 e. The van der Waals surface area contributed by atoms with Gasteiger partial charge in [0.05, 0.1) is 0 Å². The Hall–Kier alpha value is -1.76. The molecule has 0 atom stereocenters. The predicted molar refractivity (Wildman–Crippen MR) is 146 cm³/mol. The number of unbranched alkanes of at least 4 members (excludes halogenated alkanes) is 8. The lowest BCUT2D eigenvalue weighted by Crippen LogP contribution is -2.03. The summed E-state index contributed by atoms with van der Waals surface area (Å²) in [4.78, 5) is 0. The summed E-state index contributed by atoms with van der Waals surface area (Å²) in [6.07, 6.45) is 19.9. The molecule has 0 aliphatic carbocycles. The Morgan fingerprint density at radius 1 is 0.455 bits per heavy atom. The minimum absolute atomic E-state index is 1.10. The molecule has 33 heavy (non-hydrogen) atoms. The van der Waals surface area contributed by atoms with Gasteiger partial charge in [-0.3, -0.25) is 0 Å². The summed E-state index contributed by atoms with van der Waals surface area (Å²) in [7, 11) is 0. The van der Waals surface area contributed by atoms with Crippen LogP contribution in [-0.2, 0) is 25.7 Å². The maximum atomic E-state index is 6.80. The number of ether oxygens (including phenoxy) is 1. The third kappa shape index (κ3) is 9.55. The zero-order valence-corrected chi connectivity index (χ0v) is 22.2. The lowest BCUT2D eigenvalue weighted by Gasteiger charge is -2.19. The minimum Gasteiger partial charge on any atom is -0.457 e. The highest BCUT2D eigenvalue weighted by molar-refractivity contribution is 5.47. The molecule has 0 unspecified atom stereocenters. The van der Waals surface area contributed by atoms with Gasteiger partial charge >= 0.3 is 0 Å². The van der Waals surface area contributed by atoms with E-state index in [1.165, 1.54) is 112 Å². The van der Waals surface area contributed by atoms with Crippen molar-refractivity contribution in [2.45, 2.75) is 130 Å². The Morgan fingerprint density at radius 3 is 1.18 bits per heavy atom. The van der Waals surface area contributed by atoms with Crippen LogP contribution >= 0.6 is 0 Å². The van der Waals surface area contributed by atoms with Crippen LogP contribution < -0.4 is 4.74 Å². The maximum Gasteiger partial charge on any atom is 0.130 e. The average Bonchev–Trinajstić information content (AvgIpc) is 2.82. The summed E-state index contributed by atoms with van der Waals surface area (Å²) < 4.78 is 6.80. The Labute approximate surface area is 205 Å². The van der Waals surface area contributed by atoms with Crippen LogP contribution in [0.2, 0.25) is 0 Å². The van der Waals surface area contributed by atoms with E-state index in [1.54, 1.807) is 0 Å². The third-order valence-corrected chi connectivity index (χ3v) is 6.84. The molecule has 2 aromatic carbocycles. The number of benzene rings is 2. The van der Waals surface area contributed by atoms with Gasteiger partial charge in [-0.05, 0) is 85.8 Å². The summed E-state index contributed by atoms with van der Waals surface area (Å²) in [5, 5.41) is 0. The molecule has 0 heterocycles. The molecule has 0 bridgehead atoms. The normalized spacial score (nSPS) is 11.2. The monoisotopic (exact) mass is 450 g/mol. The standard InChI is InChI=1S/C32H50O/c1-5-9-13-19-27-21-17-25-31(29(27)23-15-11-7-3)33-32-26-18-22-28(20-14-10-6-2)30(32)24-16-12-8-4/h17-18,21-22,25-26H,5-16,19-20,23-24H2,1-4H3. The van der Waals surface area contributed by atoms with Gasteiger partial charge in [0.1, 0.15) is 11.5 Å². The third-order valence-electron chi connectivity index (χ3n) is 6.84. The van der Waals surface area contributed by atoms with Gasteiger partial charge in [-0.25, -0.2) is 0 Å². The van der Waals surface area contributed by atoms with Gasteiger partial charge in [0, 0.05) is 0 Å². The van der Waals surface area contributed by atoms with Crippen molar-refractivity contribution in [3.8, 4) is 11.5 Å². The van der Waals surface area contributed by atoms with E-state index in [1.807, 2.05) is 0 Å². The lowest BCUT2D eigenvalue weighted by atomic mass is 9.95. The highest BCUT2D eigenvalue weighted by Gasteiger charge is 2.14. The fourth-order valence-corrected chi connectivity index (χ4v) is 4.80. The van der Waals surface area contributed by atoms with E-state index in [9.17, 15) is 0 Å². The quantitative estimate of drug-likeness (QED) is 0.205. The summed E-state index contributed by atoms with van der Waals surface area (Å²) in [6, 6.07) is 13.5. The van der Waals surface area contributed by atoms with Gasteiger partial charge in [-0.15, -0.1) is 0 Å². The van der Waals surface area contributed by atoms with Crippen LogP contribution in [0, 0.1) is 0 Å². The van der Waals surface area contributed by atoms with Crippen LogP contribution in [0.4, 0.5) is 0 Å². The van der Waals surface area contributed by atoms with Crippen molar-refractivity contribution in [3.05, 3.63) is 58.7 Å². The molecule has 0 amide bonds. The summed E-state index contributed by atoms with van der Waals surface area (Å²) in [6.45, 7) is 9.15. The molecule has 0 saturated heterocycles. The van der Waals surface area contributed by atoms with Crippen molar-refractivity contribution in [2.75, 3.05) is 0 Å². The van der Waals surface area contributed by atoms with E-state index in [4.69, 9.17) is 4.74 Å². The minimum atomic E-state index is 1.10. The molecule has 0 saturated carbocycles. The van der Waals surface area contributed by atoms with Gasteiger partial charge in [0.25, 0.3) is 0 Å². The van der Waals surface area contributed by atoms with Crippen LogP contribution in [0.3, 0.4) is 0 Å². The Bertz CT molecular complexity index is 711. The zero-order valence-electron chi connectivity index (χ0n) is 22.2. The topological polar surface area (TPSA) is 9.23 Å². The molecule has 0 N–H and O–H groups in total. The molecule has 0 radical (unpaired) electrons. The van der Waals surface area contributed by atoms with Crippen LogP contribution in [0.15, 0.2) is 36.4 Å². The van der Waals surface area contributed by atoms with Crippen molar-refractivity contribution < 1.29 is 4.74 Å². The largest absolute Gasteiger partial charge is 0.457 e.